The second-order valence-corrected chi connectivity index (χ2v) is 8.07. The molecule has 0 saturated heterocycles. The number of allylic oxidation sites excluding steroid dienone is 3. The molecule has 3 N–H and O–H groups in total. The minimum Gasteiger partial charge on any atom is -0.509 e. The predicted octanol–water partition coefficient (Wildman–Crippen LogP) is 5.11. The van der Waals surface area contributed by atoms with E-state index in [2.05, 4.69) is 11.7 Å². The van der Waals surface area contributed by atoms with Gasteiger partial charge in [-0.05, 0) is 56.4 Å². The lowest BCUT2D eigenvalue weighted by Gasteiger charge is -2.26. The van der Waals surface area contributed by atoms with Crippen molar-refractivity contribution in [2.75, 3.05) is 7.11 Å². The smallest absolute Gasteiger partial charge is 0.305 e. The SMILES string of the molecule is CCCCCCC(O)=C(O)C1C[C@@H]2CCC[C@@]2(O)C1=CCCCC(=O)OC. The first-order chi connectivity index (χ1) is 12.9. The van der Waals surface area contributed by atoms with Crippen molar-refractivity contribution in [3.63, 3.8) is 0 Å². The Morgan fingerprint density at radius 2 is 2.00 bits per heavy atom. The van der Waals surface area contributed by atoms with Gasteiger partial charge in [0.2, 0.25) is 0 Å². The summed E-state index contributed by atoms with van der Waals surface area (Å²) in [6.07, 6.45) is 11.6. The van der Waals surface area contributed by atoms with Crippen molar-refractivity contribution < 1.29 is 24.9 Å². The van der Waals surface area contributed by atoms with Gasteiger partial charge in [-0.3, -0.25) is 4.79 Å². The highest BCUT2D eigenvalue weighted by molar-refractivity contribution is 5.69. The van der Waals surface area contributed by atoms with Crippen LogP contribution in [0.2, 0.25) is 0 Å². The van der Waals surface area contributed by atoms with E-state index in [9.17, 15) is 20.1 Å². The molecule has 0 spiro atoms. The molecule has 2 aliphatic rings. The molecule has 0 bridgehead atoms. The molecular formula is C22H36O5. The van der Waals surface area contributed by atoms with Crippen LogP contribution >= 0.6 is 0 Å². The standard InChI is InChI=1S/C22H36O5/c1-3-4-5-6-12-19(23)21(25)17-15-16-10-9-14-22(16,26)18(17)11-7-8-13-20(24)27-2/h11,16-17,23,25-26H,3-10,12-15H2,1-2H3/t16-,17?,22-/m0/s1. The van der Waals surface area contributed by atoms with E-state index >= 15 is 0 Å². The van der Waals surface area contributed by atoms with Crippen molar-refractivity contribution in [1.82, 2.24) is 0 Å². The lowest BCUT2D eigenvalue weighted by atomic mass is 9.87. The summed E-state index contributed by atoms with van der Waals surface area (Å²) in [6.45, 7) is 2.14. The highest BCUT2D eigenvalue weighted by Crippen LogP contribution is 2.55. The van der Waals surface area contributed by atoms with Crippen LogP contribution in [0, 0.1) is 11.8 Å². The average Bonchev–Trinajstić information content (AvgIpc) is 3.15. The number of carbonyl (C=O) groups excluding carboxylic acids is 1. The molecule has 0 amide bonds. The molecule has 2 fully saturated rings. The number of aliphatic hydroxyl groups excluding tert-OH is 2. The van der Waals surface area contributed by atoms with Crippen LogP contribution in [0.5, 0.6) is 0 Å². The van der Waals surface area contributed by atoms with Gasteiger partial charge in [0.05, 0.1) is 12.7 Å². The maximum absolute atomic E-state index is 11.3. The van der Waals surface area contributed by atoms with E-state index in [1.165, 1.54) is 7.11 Å². The fourth-order valence-corrected chi connectivity index (χ4v) is 4.70. The Kier molecular flexibility index (Phi) is 8.21. The van der Waals surface area contributed by atoms with Gasteiger partial charge in [0.25, 0.3) is 0 Å². The van der Waals surface area contributed by atoms with E-state index in [0.717, 1.165) is 44.1 Å². The Labute approximate surface area is 163 Å². The Hall–Kier alpha value is -1.49. The van der Waals surface area contributed by atoms with Gasteiger partial charge in [-0.1, -0.05) is 32.3 Å². The molecular weight excluding hydrogens is 344 g/mol. The minimum absolute atomic E-state index is 0.0357. The number of hydrogen-bond donors (Lipinski definition) is 3. The molecule has 5 heteroatoms. The zero-order valence-electron chi connectivity index (χ0n) is 16.9. The third kappa shape index (κ3) is 5.28. The number of fused-ring (bicyclic) bond motifs is 1. The van der Waals surface area contributed by atoms with Crippen molar-refractivity contribution in [1.29, 1.82) is 0 Å². The Morgan fingerprint density at radius 3 is 2.70 bits per heavy atom. The summed E-state index contributed by atoms with van der Waals surface area (Å²) in [7, 11) is 1.38. The molecule has 0 heterocycles. The highest BCUT2D eigenvalue weighted by Gasteiger charge is 2.53. The summed E-state index contributed by atoms with van der Waals surface area (Å²) in [6, 6.07) is 0. The normalized spacial score (nSPS) is 29.7. The van der Waals surface area contributed by atoms with Crippen LogP contribution in [0.3, 0.4) is 0 Å². The van der Waals surface area contributed by atoms with Crippen molar-refractivity contribution in [3.8, 4) is 0 Å². The molecule has 2 aliphatic carbocycles. The lowest BCUT2D eigenvalue weighted by Crippen LogP contribution is -2.30. The number of methoxy groups -OCH3 is 1. The largest absolute Gasteiger partial charge is 0.509 e. The van der Waals surface area contributed by atoms with E-state index in [4.69, 9.17) is 0 Å². The molecule has 27 heavy (non-hydrogen) atoms. The van der Waals surface area contributed by atoms with E-state index in [1.807, 2.05) is 6.08 Å². The Morgan fingerprint density at radius 1 is 1.22 bits per heavy atom. The predicted molar refractivity (Wildman–Crippen MR) is 105 cm³/mol. The van der Waals surface area contributed by atoms with Gasteiger partial charge >= 0.3 is 5.97 Å². The van der Waals surface area contributed by atoms with E-state index in [0.29, 0.717) is 38.5 Å². The molecule has 0 aliphatic heterocycles. The zero-order valence-corrected chi connectivity index (χ0v) is 16.9. The maximum Gasteiger partial charge on any atom is 0.305 e. The Bertz CT molecular complexity index is 565. The third-order valence-corrected chi connectivity index (χ3v) is 6.25. The van der Waals surface area contributed by atoms with Crippen LogP contribution in [0.25, 0.3) is 0 Å². The van der Waals surface area contributed by atoms with Gasteiger partial charge in [0.15, 0.2) is 0 Å². The first-order valence-corrected chi connectivity index (χ1v) is 10.5. The van der Waals surface area contributed by atoms with Crippen molar-refractivity contribution in [2.24, 2.45) is 11.8 Å². The first kappa shape index (κ1) is 21.8. The average molecular weight is 381 g/mol. The van der Waals surface area contributed by atoms with Crippen LogP contribution in [0.4, 0.5) is 0 Å². The summed E-state index contributed by atoms with van der Waals surface area (Å²) in [5, 5.41) is 32.3. The van der Waals surface area contributed by atoms with Crippen LogP contribution in [0.15, 0.2) is 23.2 Å². The van der Waals surface area contributed by atoms with Crippen molar-refractivity contribution in [3.05, 3.63) is 23.2 Å². The monoisotopic (exact) mass is 380 g/mol. The van der Waals surface area contributed by atoms with Crippen LogP contribution in [0.1, 0.15) is 84.0 Å². The lowest BCUT2D eigenvalue weighted by molar-refractivity contribution is -0.140. The van der Waals surface area contributed by atoms with E-state index in [-0.39, 0.29) is 29.3 Å². The maximum atomic E-state index is 11.3. The second kappa shape index (κ2) is 10.2. The number of aliphatic hydroxyl groups is 3. The molecule has 0 radical (unpaired) electrons. The number of esters is 1. The summed E-state index contributed by atoms with van der Waals surface area (Å²) in [5.74, 6) is -0.288. The molecule has 0 aromatic carbocycles. The fraction of sp³-hybridized carbons (Fsp3) is 0.773. The number of unbranched alkanes of at least 4 members (excludes halogenated alkanes) is 4. The summed E-state index contributed by atoms with van der Waals surface area (Å²) < 4.78 is 4.67. The summed E-state index contributed by atoms with van der Waals surface area (Å²) in [5.41, 5.74) is -0.0284. The van der Waals surface area contributed by atoms with Crippen LogP contribution in [-0.2, 0) is 9.53 Å². The molecule has 3 atom stereocenters. The quantitative estimate of drug-likeness (QED) is 0.212. The topological polar surface area (TPSA) is 87.0 Å². The van der Waals surface area contributed by atoms with Gasteiger partial charge in [-0.15, -0.1) is 0 Å². The first-order valence-electron chi connectivity index (χ1n) is 10.5. The van der Waals surface area contributed by atoms with E-state index in [1.54, 1.807) is 0 Å². The zero-order chi connectivity index (χ0) is 19.9. The van der Waals surface area contributed by atoms with Gasteiger partial charge in [0, 0.05) is 18.8 Å². The molecule has 154 valence electrons. The molecule has 2 saturated carbocycles. The third-order valence-electron chi connectivity index (χ3n) is 6.25. The van der Waals surface area contributed by atoms with Crippen LogP contribution in [-0.4, -0.2) is 34.0 Å². The minimum atomic E-state index is -0.869. The van der Waals surface area contributed by atoms with Gasteiger partial charge < -0.3 is 20.1 Å². The number of carbonyl (C=O) groups is 1. The summed E-state index contributed by atoms with van der Waals surface area (Å²) in [4.78, 5) is 11.3. The molecule has 0 aromatic rings. The van der Waals surface area contributed by atoms with Gasteiger partial charge in [-0.25, -0.2) is 0 Å². The highest BCUT2D eigenvalue weighted by atomic mass is 16.5. The summed E-state index contributed by atoms with van der Waals surface area (Å²) >= 11 is 0. The van der Waals surface area contributed by atoms with Crippen LogP contribution < -0.4 is 0 Å². The van der Waals surface area contributed by atoms with Gasteiger partial charge in [0.1, 0.15) is 11.5 Å². The van der Waals surface area contributed by atoms with Gasteiger partial charge in [-0.2, -0.15) is 0 Å². The number of hydrogen-bond acceptors (Lipinski definition) is 5. The van der Waals surface area contributed by atoms with Crippen molar-refractivity contribution in [2.45, 2.75) is 89.6 Å². The number of rotatable bonds is 10. The fourth-order valence-electron chi connectivity index (χ4n) is 4.70. The molecule has 2 rings (SSSR count). The van der Waals surface area contributed by atoms with E-state index < -0.39 is 5.60 Å². The van der Waals surface area contributed by atoms with Crippen molar-refractivity contribution >= 4 is 5.97 Å². The second-order valence-electron chi connectivity index (χ2n) is 8.07. The Balaban J connectivity index is 2.09. The molecule has 0 aromatic heterocycles. The number of ether oxygens (including phenoxy) is 1. The molecule has 1 unspecified atom stereocenters. The molecule has 5 nitrogen and oxygen atoms in total.